The van der Waals surface area contributed by atoms with E-state index < -0.39 is 32.5 Å². The molecule has 0 fully saturated rings. The van der Waals surface area contributed by atoms with Crippen LogP contribution in [0.1, 0.15) is 258 Å². The van der Waals surface area contributed by atoms with E-state index in [-0.39, 0.29) is 26.1 Å². The second kappa shape index (κ2) is 66.8. The summed E-state index contributed by atoms with van der Waals surface area (Å²) in [6.07, 6.45) is 101. The number of ether oxygens (including phenoxy) is 2. The maximum Gasteiger partial charge on any atom is 0.306 e. The van der Waals surface area contributed by atoms with E-state index in [0.29, 0.717) is 23.9 Å². The molecule has 0 rings (SSSR count). The van der Waals surface area contributed by atoms with Gasteiger partial charge in [-0.3, -0.25) is 14.2 Å². The quantitative estimate of drug-likeness (QED) is 0.0195. The first-order valence-electron chi connectivity index (χ1n) is 34.8. The van der Waals surface area contributed by atoms with E-state index in [1.54, 1.807) is 0 Å². The summed E-state index contributed by atoms with van der Waals surface area (Å²) in [5, 5.41) is 0. The van der Waals surface area contributed by atoms with Crippen molar-refractivity contribution >= 4 is 19.8 Å². The van der Waals surface area contributed by atoms with Gasteiger partial charge in [-0.05, 0) is 128 Å². The van der Waals surface area contributed by atoms with Gasteiger partial charge in [-0.2, -0.15) is 0 Å². The molecule has 0 aromatic rings. The first-order valence-corrected chi connectivity index (χ1v) is 36.3. The Labute approximate surface area is 540 Å². The first-order chi connectivity index (χ1) is 43.0. The molecule has 0 spiro atoms. The van der Waals surface area contributed by atoms with E-state index in [4.69, 9.17) is 18.5 Å². The molecular formula is C78H128NO8P. The van der Waals surface area contributed by atoms with Crippen LogP contribution in [0.4, 0.5) is 0 Å². The summed E-state index contributed by atoms with van der Waals surface area (Å²) >= 11 is 0. The monoisotopic (exact) mass is 1240 g/mol. The summed E-state index contributed by atoms with van der Waals surface area (Å²) in [5.74, 6) is -0.853. The zero-order valence-corrected chi connectivity index (χ0v) is 57.5. The van der Waals surface area contributed by atoms with Gasteiger partial charge >= 0.3 is 11.9 Å². The number of hydrogen-bond acceptors (Lipinski definition) is 8. The lowest BCUT2D eigenvalue weighted by Gasteiger charge is -2.28. The van der Waals surface area contributed by atoms with Gasteiger partial charge in [0.2, 0.25) is 0 Å². The number of likely N-dealkylation sites (N-methyl/N-ethyl adjacent to an activating group) is 1. The Morgan fingerprint density at radius 2 is 0.614 bits per heavy atom. The number of nitrogens with zero attached hydrogens (tertiary/aromatic N) is 1. The van der Waals surface area contributed by atoms with Crippen molar-refractivity contribution in [2.24, 2.45) is 0 Å². The molecule has 0 aliphatic carbocycles. The number of unbranched alkanes of at least 4 members (excludes halogenated alkanes) is 20. The van der Waals surface area contributed by atoms with Crippen LogP contribution in [-0.4, -0.2) is 70.0 Å². The first kappa shape index (κ1) is 83.4. The molecule has 0 N–H and O–H groups in total. The minimum absolute atomic E-state index is 0.0411. The van der Waals surface area contributed by atoms with Crippen molar-refractivity contribution in [1.82, 2.24) is 0 Å². The molecule has 498 valence electrons. The van der Waals surface area contributed by atoms with E-state index in [0.717, 1.165) is 141 Å². The van der Waals surface area contributed by atoms with E-state index in [9.17, 15) is 19.0 Å². The average Bonchev–Trinajstić information content (AvgIpc) is 3.68. The molecule has 2 atom stereocenters. The van der Waals surface area contributed by atoms with Crippen LogP contribution in [-0.2, 0) is 32.7 Å². The molecule has 0 saturated carbocycles. The van der Waals surface area contributed by atoms with E-state index >= 15 is 0 Å². The summed E-state index contributed by atoms with van der Waals surface area (Å²) < 4.78 is 34.3. The average molecular weight is 1240 g/mol. The second-order valence-corrected chi connectivity index (χ2v) is 25.2. The van der Waals surface area contributed by atoms with Gasteiger partial charge in [0, 0.05) is 12.8 Å². The van der Waals surface area contributed by atoms with Gasteiger partial charge in [-0.15, -0.1) is 0 Å². The van der Waals surface area contributed by atoms with Crippen molar-refractivity contribution in [2.45, 2.75) is 264 Å². The number of carbonyl (C=O) groups excluding carboxylic acids is 2. The standard InChI is InChI=1S/C78H128NO8P/c1-6-8-10-12-14-16-18-20-22-24-26-28-30-32-34-35-36-37-38-39-40-41-42-43-45-47-49-51-53-55-57-59-61-63-65-67-69-71-78(81)87-76(75-86-88(82,83)85-73-72-79(3,4)5)74-84-77(80)70-68-66-64-62-60-58-56-54-52-50-48-46-44-33-31-29-27-25-23-21-19-17-15-13-11-9-7-2/h8-11,14-17,20-23,26-29,32-34,36-37,39-40,42-44,48,50,76H,6-7,12-13,18-19,24-25,30-31,35,38,41,45-47,49,51-75H2,1-5H3/b10-8-,11-9-,16-14-,17-15-,22-20-,23-21-,28-26-,29-27-,34-32-,37-36-,40-39-,43-42-,44-33-,50-48-. The number of quaternary nitrogens is 1. The van der Waals surface area contributed by atoms with Crippen molar-refractivity contribution in [3.63, 3.8) is 0 Å². The fraction of sp³-hybridized carbons (Fsp3) is 0.615. The summed E-state index contributed by atoms with van der Waals surface area (Å²) in [7, 11) is 1.14. The lowest BCUT2D eigenvalue weighted by molar-refractivity contribution is -0.870. The van der Waals surface area contributed by atoms with Gasteiger partial charge in [-0.1, -0.05) is 287 Å². The van der Waals surface area contributed by atoms with Gasteiger partial charge in [0.25, 0.3) is 7.82 Å². The second-order valence-electron chi connectivity index (χ2n) is 23.8. The number of allylic oxidation sites excluding steroid dienone is 28. The highest BCUT2D eigenvalue weighted by Crippen LogP contribution is 2.38. The molecule has 0 saturated heterocycles. The van der Waals surface area contributed by atoms with Crippen LogP contribution in [0.3, 0.4) is 0 Å². The molecule has 0 aromatic heterocycles. The third-order valence-electron chi connectivity index (χ3n) is 14.2. The lowest BCUT2D eigenvalue weighted by Crippen LogP contribution is -2.37. The predicted molar refractivity (Wildman–Crippen MR) is 378 cm³/mol. The number of hydrogen-bond donors (Lipinski definition) is 0. The Kier molecular flexibility index (Phi) is 63.3. The Morgan fingerprint density at radius 3 is 0.909 bits per heavy atom. The van der Waals surface area contributed by atoms with Crippen LogP contribution in [0.5, 0.6) is 0 Å². The molecule has 0 aliphatic rings. The van der Waals surface area contributed by atoms with Gasteiger partial charge in [-0.25, -0.2) is 0 Å². The van der Waals surface area contributed by atoms with Crippen LogP contribution in [0.15, 0.2) is 170 Å². The van der Waals surface area contributed by atoms with Gasteiger partial charge in [0.1, 0.15) is 19.8 Å². The van der Waals surface area contributed by atoms with Crippen molar-refractivity contribution < 1.29 is 42.1 Å². The Morgan fingerprint density at radius 1 is 0.352 bits per heavy atom. The summed E-state index contributed by atoms with van der Waals surface area (Å²) in [6.45, 7) is 3.99. The zero-order chi connectivity index (χ0) is 64.1. The third-order valence-corrected chi connectivity index (χ3v) is 15.2. The summed E-state index contributed by atoms with van der Waals surface area (Å²) in [6, 6.07) is 0. The summed E-state index contributed by atoms with van der Waals surface area (Å²) in [4.78, 5) is 38.1. The molecule has 0 amide bonds. The predicted octanol–water partition coefficient (Wildman–Crippen LogP) is 22.3. The molecule has 0 radical (unpaired) electrons. The fourth-order valence-electron chi connectivity index (χ4n) is 8.97. The minimum Gasteiger partial charge on any atom is -0.756 e. The van der Waals surface area contributed by atoms with Crippen LogP contribution in [0, 0.1) is 0 Å². The molecule has 0 bridgehead atoms. The topological polar surface area (TPSA) is 111 Å². The van der Waals surface area contributed by atoms with Crippen LogP contribution < -0.4 is 4.89 Å². The highest BCUT2D eigenvalue weighted by atomic mass is 31.2. The van der Waals surface area contributed by atoms with Crippen molar-refractivity contribution in [3.8, 4) is 0 Å². The molecule has 0 aliphatic heterocycles. The highest BCUT2D eigenvalue weighted by molar-refractivity contribution is 7.45. The van der Waals surface area contributed by atoms with Crippen LogP contribution in [0.25, 0.3) is 0 Å². The number of esters is 2. The maximum absolute atomic E-state index is 12.9. The molecule has 10 heteroatoms. The number of rotatable bonds is 62. The number of carbonyl (C=O) groups is 2. The smallest absolute Gasteiger partial charge is 0.306 e. The van der Waals surface area contributed by atoms with Gasteiger partial charge in [0.15, 0.2) is 6.10 Å². The van der Waals surface area contributed by atoms with E-state index in [1.165, 1.54) is 77.0 Å². The Hall–Kier alpha value is -4.63. The Bertz CT molecular complexity index is 2090. The number of phosphoric ester groups is 1. The van der Waals surface area contributed by atoms with Crippen LogP contribution >= 0.6 is 7.82 Å². The third kappa shape index (κ3) is 70.5. The van der Waals surface area contributed by atoms with Crippen molar-refractivity contribution in [1.29, 1.82) is 0 Å². The Balaban J connectivity index is 4.13. The molecule has 0 heterocycles. The van der Waals surface area contributed by atoms with E-state index in [1.807, 2.05) is 21.1 Å². The lowest BCUT2D eigenvalue weighted by atomic mass is 10.0. The molecule has 88 heavy (non-hydrogen) atoms. The minimum atomic E-state index is -4.66. The molecular weight excluding hydrogens is 1110 g/mol. The normalized spacial score (nSPS) is 14.2. The summed E-state index contributed by atoms with van der Waals surface area (Å²) in [5.41, 5.74) is 0. The fourth-order valence-corrected chi connectivity index (χ4v) is 9.70. The molecule has 0 aromatic carbocycles. The van der Waals surface area contributed by atoms with Crippen molar-refractivity contribution in [2.75, 3.05) is 47.5 Å². The van der Waals surface area contributed by atoms with Crippen LogP contribution in [0.2, 0.25) is 0 Å². The number of phosphoric acid groups is 1. The maximum atomic E-state index is 12.9. The molecule has 9 nitrogen and oxygen atoms in total. The SMILES string of the molecule is CC/C=C\C/C=C\C/C=C\C/C=C\C/C=C\C/C=C\C/C=C\C/C=C\CCCCCCCCCCCCCCC(=O)OC(COC(=O)CCCCCCCCCC/C=C\C/C=C\C/C=C\C/C=C\C/C=C\C/C=C\CC)COP(=O)([O-])OCC[N+](C)(C)C. The van der Waals surface area contributed by atoms with Gasteiger partial charge in [0.05, 0.1) is 27.7 Å². The zero-order valence-electron chi connectivity index (χ0n) is 56.6. The van der Waals surface area contributed by atoms with Gasteiger partial charge < -0.3 is 27.9 Å². The highest BCUT2D eigenvalue weighted by Gasteiger charge is 2.22. The molecule has 2 unspecified atom stereocenters. The van der Waals surface area contributed by atoms with E-state index in [2.05, 4.69) is 184 Å². The van der Waals surface area contributed by atoms with Crippen molar-refractivity contribution in [3.05, 3.63) is 170 Å². The largest absolute Gasteiger partial charge is 0.756 e.